The van der Waals surface area contributed by atoms with Crippen LogP contribution in [0.15, 0.2) is 17.0 Å². The van der Waals surface area contributed by atoms with Gasteiger partial charge in [-0.2, -0.15) is 0 Å². The predicted octanol–water partition coefficient (Wildman–Crippen LogP) is 1.56. The minimum atomic E-state index is -4.16. The first-order chi connectivity index (χ1) is 9.52. The van der Waals surface area contributed by atoms with Gasteiger partial charge >= 0.3 is 0 Å². The Kier molecular flexibility index (Phi) is 5.89. The summed E-state index contributed by atoms with van der Waals surface area (Å²) in [4.78, 5) is 11.5. The fraction of sp³-hybridized carbons (Fsp3) is 0.417. The number of halogens is 2. The summed E-state index contributed by atoms with van der Waals surface area (Å²) < 4.78 is 47.5. The number of nitrogens with one attached hydrogen (secondary N) is 1. The molecule has 1 N–H and O–H groups in total. The number of hydrogen-bond donors (Lipinski definition) is 1. The fourth-order valence-corrected chi connectivity index (χ4v) is 3.74. The minimum absolute atomic E-state index is 0.149. The molecule has 0 radical (unpaired) electrons. The van der Waals surface area contributed by atoms with Crippen LogP contribution in [0.1, 0.15) is 22.8 Å². The van der Waals surface area contributed by atoms with Crippen LogP contribution in [0.2, 0.25) is 0 Å². The van der Waals surface area contributed by atoms with Crippen LogP contribution < -0.4 is 5.32 Å². The van der Waals surface area contributed by atoms with Gasteiger partial charge in [0.2, 0.25) is 0 Å². The second-order valence-corrected chi connectivity index (χ2v) is 8.65. The standard InChI is InChI=1S/C12H15ClFNO4S2/c1-7(6-20(3)17)15-12(16)9-4-10(14)8(2)11(5-9)21(13,18)19/h4-5,7H,6H2,1-3H3,(H,15,16). The molecule has 0 fully saturated rings. The van der Waals surface area contributed by atoms with E-state index in [1.807, 2.05) is 0 Å². The zero-order valence-corrected chi connectivity index (χ0v) is 14.0. The first-order valence-electron chi connectivity index (χ1n) is 5.88. The van der Waals surface area contributed by atoms with E-state index in [0.29, 0.717) is 0 Å². The Balaban J connectivity index is 3.12. The molecular formula is C12H15ClFNO4S2. The Morgan fingerprint density at radius 3 is 2.52 bits per heavy atom. The summed E-state index contributed by atoms with van der Waals surface area (Å²) in [6, 6.07) is 1.56. The lowest BCUT2D eigenvalue weighted by Crippen LogP contribution is -2.36. The molecule has 0 spiro atoms. The Bertz CT molecular complexity index is 691. The second-order valence-electron chi connectivity index (χ2n) is 4.63. The molecule has 0 heterocycles. The van der Waals surface area contributed by atoms with E-state index in [4.69, 9.17) is 10.7 Å². The van der Waals surface area contributed by atoms with E-state index >= 15 is 0 Å². The third kappa shape index (κ3) is 5.05. The van der Waals surface area contributed by atoms with Crippen molar-refractivity contribution in [1.29, 1.82) is 0 Å². The molecule has 0 aliphatic heterocycles. The van der Waals surface area contributed by atoms with Gasteiger partial charge in [-0.05, 0) is 26.0 Å². The normalized spacial score (nSPS) is 14.5. The highest BCUT2D eigenvalue weighted by molar-refractivity contribution is 8.13. The van der Waals surface area contributed by atoms with Gasteiger partial charge in [0, 0.05) is 50.7 Å². The van der Waals surface area contributed by atoms with Crippen molar-refractivity contribution < 1.29 is 21.8 Å². The van der Waals surface area contributed by atoms with Gasteiger partial charge < -0.3 is 5.32 Å². The monoisotopic (exact) mass is 355 g/mol. The first-order valence-corrected chi connectivity index (χ1v) is 9.91. The maximum Gasteiger partial charge on any atom is 0.261 e. The average molecular weight is 356 g/mol. The molecule has 1 amide bonds. The van der Waals surface area contributed by atoms with E-state index in [0.717, 1.165) is 12.1 Å². The fourth-order valence-electron chi connectivity index (χ4n) is 1.74. The summed E-state index contributed by atoms with van der Waals surface area (Å²) in [5.41, 5.74) is -0.310. The molecule has 1 aromatic rings. The van der Waals surface area contributed by atoms with Crippen LogP contribution in [0.5, 0.6) is 0 Å². The molecular weight excluding hydrogens is 341 g/mol. The third-order valence-corrected chi connectivity index (χ3v) is 5.10. The van der Waals surface area contributed by atoms with Gasteiger partial charge in [0.25, 0.3) is 15.0 Å². The highest BCUT2D eigenvalue weighted by atomic mass is 35.7. The van der Waals surface area contributed by atoms with Gasteiger partial charge in [-0.3, -0.25) is 9.00 Å². The summed E-state index contributed by atoms with van der Waals surface area (Å²) >= 11 is 0. The lowest BCUT2D eigenvalue weighted by Gasteiger charge is -2.13. The topological polar surface area (TPSA) is 80.3 Å². The van der Waals surface area contributed by atoms with Crippen molar-refractivity contribution in [3.8, 4) is 0 Å². The van der Waals surface area contributed by atoms with Gasteiger partial charge in [-0.1, -0.05) is 0 Å². The van der Waals surface area contributed by atoms with Crippen molar-refractivity contribution in [3.05, 3.63) is 29.1 Å². The van der Waals surface area contributed by atoms with Crippen LogP contribution in [-0.2, 0) is 19.9 Å². The molecule has 1 rings (SSSR count). The Hall–Kier alpha value is -0.990. The van der Waals surface area contributed by atoms with Crippen molar-refractivity contribution in [3.63, 3.8) is 0 Å². The second kappa shape index (κ2) is 6.85. The van der Waals surface area contributed by atoms with Crippen molar-refractivity contribution in [2.45, 2.75) is 24.8 Å². The molecule has 0 saturated carbocycles. The number of carbonyl (C=O) groups is 1. The Morgan fingerprint density at radius 1 is 1.48 bits per heavy atom. The summed E-state index contributed by atoms with van der Waals surface area (Å²) in [7, 11) is -0.0360. The molecule has 5 nitrogen and oxygen atoms in total. The highest BCUT2D eigenvalue weighted by Crippen LogP contribution is 2.23. The molecule has 2 atom stereocenters. The molecule has 21 heavy (non-hydrogen) atoms. The maximum atomic E-state index is 13.7. The van der Waals surface area contributed by atoms with E-state index in [1.54, 1.807) is 6.92 Å². The molecule has 0 saturated heterocycles. The van der Waals surface area contributed by atoms with Crippen LogP contribution in [0.3, 0.4) is 0 Å². The Morgan fingerprint density at radius 2 is 2.05 bits per heavy atom. The van der Waals surface area contributed by atoms with Gasteiger partial charge in [-0.15, -0.1) is 0 Å². The molecule has 0 aliphatic rings. The lowest BCUT2D eigenvalue weighted by atomic mass is 10.1. The van der Waals surface area contributed by atoms with Gasteiger partial charge in [-0.25, -0.2) is 12.8 Å². The summed E-state index contributed by atoms with van der Waals surface area (Å²) in [6.45, 7) is 2.90. The molecule has 0 bridgehead atoms. The Labute approximate surface area is 129 Å². The van der Waals surface area contributed by atoms with E-state index in [1.165, 1.54) is 13.2 Å². The molecule has 1 aromatic carbocycles. The zero-order chi connectivity index (χ0) is 16.4. The molecule has 9 heteroatoms. The van der Waals surface area contributed by atoms with Crippen molar-refractivity contribution >= 4 is 36.4 Å². The van der Waals surface area contributed by atoms with Crippen LogP contribution in [0.25, 0.3) is 0 Å². The first kappa shape index (κ1) is 18.1. The van der Waals surface area contributed by atoms with E-state index in [-0.39, 0.29) is 16.9 Å². The van der Waals surface area contributed by atoms with E-state index in [2.05, 4.69) is 5.32 Å². The van der Waals surface area contributed by atoms with Crippen molar-refractivity contribution in [2.75, 3.05) is 12.0 Å². The SMILES string of the molecule is Cc1c(F)cc(C(=O)NC(C)CS(C)=O)cc1S(=O)(=O)Cl. The molecule has 0 aliphatic carbocycles. The van der Waals surface area contributed by atoms with Crippen LogP contribution >= 0.6 is 10.7 Å². The number of carbonyl (C=O) groups excluding carboxylic acids is 1. The maximum absolute atomic E-state index is 13.7. The van der Waals surface area contributed by atoms with Gasteiger partial charge in [0.1, 0.15) is 5.82 Å². The highest BCUT2D eigenvalue weighted by Gasteiger charge is 2.21. The lowest BCUT2D eigenvalue weighted by molar-refractivity contribution is 0.0943. The average Bonchev–Trinajstić information content (AvgIpc) is 2.29. The summed E-state index contributed by atoms with van der Waals surface area (Å²) in [6.07, 6.45) is 1.49. The van der Waals surface area contributed by atoms with E-state index in [9.17, 15) is 21.8 Å². The number of amides is 1. The third-order valence-electron chi connectivity index (χ3n) is 2.68. The summed E-state index contributed by atoms with van der Waals surface area (Å²) in [5, 5.41) is 2.52. The largest absolute Gasteiger partial charge is 0.349 e. The van der Waals surface area contributed by atoms with Gasteiger partial charge in [0.05, 0.1) is 4.90 Å². The van der Waals surface area contributed by atoms with Crippen LogP contribution in [-0.4, -0.2) is 36.6 Å². The van der Waals surface area contributed by atoms with Crippen molar-refractivity contribution in [2.24, 2.45) is 0 Å². The quantitative estimate of drug-likeness (QED) is 0.813. The molecule has 118 valence electrons. The molecule has 0 aromatic heterocycles. The van der Waals surface area contributed by atoms with Gasteiger partial charge in [0.15, 0.2) is 0 Å². The number of hydrogen-bond acceptors (Lipinski definition) is 4. The molecule has 2 unspecified atom stereocenters. The minimum Gasteiger partial charge on any atom is -0.349 e. The van der Waals surface area contributed by atoms with Crippen LogP contribution in [0.4, 0.5) is 4.39 Å². The predicted molar refractivity (Wildman–Crippen MR) is 80.0 cm³/mol. The smallest absolute Gasteiger partial charge is 0.261 e. The summed E-state index contributed by atoms with van der Waals surface area (Å²) in [5.74, 6) is -1.26. The zero-order valence-electron chi connectivity index (χ0n) is 11.6. The van der Waals surface area contributed by atoms with Crippen LogP contribution in [0, 0.1) is 12.7 Å². The number of benzene rings is 1. The van der Waals surface area contributed by atoms with E-state index < -0.39 is 42.5 Å². The number of rotatable bonds is 5. The van der Waals surface area contributed by atoms with Crippen molar-refractivity contribution in [1.82, 2.24) is 5.32 Å².